The van der Waals surface area contributed by atoms with E-state index in [1.54, 1.807) is 11.3 Å². The third-order valence-electron chi connectivity index (χ3n) is 6.73. The van der Waals surface area contributed by atoms with Crippen LogP contribution in [0, 0.1) is 19.3 Å². The van der Waals surface area contributed by atoms with E-state index in [-0.39, 0.29) is 16.9 Å². The molecule has 1 aromatic carbocycles. The fraction of sp³-hybridized carbons (Fsp3) is 0.560. The van der Waals surface area contributed by atoms with Crippen molar-refractivity contribution in [3.05, 3.63) is 51.4 Å². The molecular weight excluding hydrogens is 404 g/mol. The van der Waals surface area contributed by atoms with Crippen LogP contribution in [0.4, 0.5) is 0 Å². The summed E-state index contributed by atoms with van der Waals surface area (Å²) in [7, 11) is 0. The lowest BCUT2D eigenvalue weighted by Gasteiger charge is -2.32. The van der Waals surface area contributed by atoms with Gasteiger partial charge in [-0.15, -0.1) is 21.5 Å². The Morgan fingerprint density at radius 2 is 1.77 bits per heavy atom. The normalized spacial score (nSPS) is 13.5. The molecular formula is C25H36N4OS. The highest BCUT2D eigenvalue weighted by Crippen LogP contribution is 2.45. The second-order valence-corrected chi connectivity index (χ2v) is 10.8. The van der Waals surface area contributed by atoms with Crippen LogP contribution < -0.4 is 0 Å². The molecule has 3 aromatic rings. The molecule has 1 atom stereocenters. The number of H-pyrrole nitrogens is 1. The van der Waals surface area contributed by atoms with Crippen molar-refractivity contribution in [3.8, 4) is 10.7 Å². The maximum absolute atomic E-state index is 10.4. The molecule has 31 heavy (non-hydrogen) atoms. The van der Waals surface area contributed by atoms with Gasteiger partial charge in [-0.05, 0) is 78.5 Å². The molecule has 0 bridgehead atoms. The number of benzene rings is 1. The van der Waals surface area contributed by atoms with Gasteiger partial charge in [0.25, 0.3) is 0 Å². The number of aromatic nitrogens is 4. The Hall–Kier alpha value is -2.05. The van der Waals surface area contributed by atoms with Crippen LogP contribution in [0.1, 0.15) is 81.0 Å². The van der Waals surface area contributed by atoms with Crippen LogP contribution in [0.3, 0.4) is 0 Å². The molecule has 0 spiro atoms. The van der Waals surface area contributed by atoms with Crippen LogP contribution in [0.15, 0.2) is 24.3 Å². The average Bonchev–Trinajstić information content (AvgIpc) is 3.37. The Balaban J connectivity index is 1.93. The molecule has 3 rings (SSSR count). The number of aromatic amines is 1. The maximum Gasteiger partial charge on any atom is 0.214 e. The lowest BCUT2D eigenvalue weighted by Crippen LogP contribution is -2.26. The zero-order valence-corrected chi connectivity index (χ0v) is 20.7. The van der Waals surface area contributed by atoms with Crippen LogP contribution in [0.5, 0.6) is 0 Å². The van der Waals surface area contributed by atoms with Gasteiger partial charge in [0.05, 0.1) is 11.0 Å². The number of hydrogen-bond acceptors (Lipinski definition) is 5. The molecule has 5 nitrogen and oxygen atoms in total. The number of aliphatic hydroxyl groups is 1. The summed E-state index contributed by atoms with van der Waals surface area (Å²) in [6.45, 7) is 15.1. The maximum atomic E-state index is 10.4. The van der Waals surface area contributed by atoms with Gasteiger partial charge >= 0.3 is 0 Å². The number of tetrazole rings is 1. The number of thiophene rings is 1. The first-order valence-electron chi connectivity index (χ1n) is 11.2. The monoisotopic (exact) mass is 440 g/mol. The highest BCUT2D eigenvalue weighted by Gasteiger charge is 2.34. The molecule has 1 unspecified atom stereocenters. The minimum atomic E-state index is -0.297. The Kier molecular flexibility index (Phi) is 7.01. The number of hydrogen-bond donors (Lipinski definition) is 2. The summed E-state index contributed by atoms with van der Waals surface area (Å²) in [4.78, 5) is 2.43. The third-order valence-corrected chi connectivity index (χ3v) is 8.16. The van der Waals surface area contributed by atoms with Crippen LogP contribution >= 0.6 is 11.3 Å². The van der Waals surface area contributed by atoms with Gasteiger partial charge in [0.15, 0.2) is 0 Å². The van der Waals surface area contributed by atoms with Gasteiger partial charge in [0.1, 0.15) is 0 Å². The summed E-state index contributed by atoms with van der Waals surface area (Å²) in [5, 5.41) is 25.1. The van der Waals surface area contributed by atoms with Crippen LogP contribution in [0.2, 0.25) is 0 Å². The second-order valence-electron chi connectivity index (χ2n) is 9.71. The zero-order chi connectivity index (χ0) is 22.8. The van der Waals surface area contributed by atoms with Gasteiger partial charge in [-0.2, -0.15) is 5.21 Å². The predicted molar refractivity (Wildman–Crippen MR) is 129 cm³/mol. The Bertz CT molecular complexity index is 997. The minimum Gasteiger partial charge on any atom is -0.393 e. The van der Waals surface area contributed by atoms with Gasteiger partial charge in [-0.3, -0.25) is 0 Å². The molecule has 0 saturated heterocycles. The lowest BCUT2D eigenvalue weighted by molar-refractivity contribution is 0.0560. The Morgan fingerprint density at radius 1 is 1.06 bits per heavy atom. The lowest BCUT2D eigenvalue weighted by atomic mass is 9.73. The van der Waals surface area contributed by atoms with E-state index >= 15 is 0 Å². The van der Waals surface area contributed by atoms with Crippen LogP contribution in [0.25, 0.3) is 10.7 Å². The first-order chi connectivity index (χ1) is 14.6. The summed E-state index contributed by atoms with van der Waals surface area (Å²) in [6, 6.07) is 9.21. The predicted octanol–water partition coefficient (Wildman–Crippen LogP) is 5.99. The van der Waals surface area contributed by atoms with E-state index < -0.39 is 0 Å². The van der Waals surface area contributed by atoms with Crippen LogP contribution in [-0.2, 0) is 11.8 Å². The molecule has 0 amide bonds. The summed E-state index contributed by atoms with van der Waals surface area (Å²) >= 11 is 1.78. The third kappa shape index (κ3) is 4.75. The first-order valence-corrected chi connectivity index (χ1v) is 12.1. The Labute approximate surface area is 190 Å². The van der Waals surface area contributed by atoms with E-state index in [9.17, 15) is 5.11 Å². The largest absolute Gasteiger partial charge is 0.393 e. The van der Waals surface area contributed by atoms with Gasteiger partial charge in [-0.1, -0.05) is 52.8 Å². The van der Waals surface area contributed by atoms with Gasteiger partial charge < -0.3 is 5.11 Å². The fourth-order valence-electron chi connectivity index (χ4n) is 4.35. The molecule has 2 heterocycles. The van der Waals surface area contributed by atoms with Crippen molar-refractivity contribution in [2.24, 2.45) is 5.41 Å². The van der Waals surface area contributed by atoms with Crippen LogP contribution in [-0.4, -0.2) is 31.8 Å². The van der Waals surface area contributed by atoms with E-state index in [1.165, 1.54) is 27.1 Å². The van der Waals surface area contributed by atoms with E-state index in [2.05, 4.69) is 93.4 Å². The second kappa shape index (κ2) is 9.21. The highest BCUT2D eigenvalue weighted by atomic mass is 32.1. The highest BCUT2D eigenvalue weighted by molar-refractivity contribution is 7.15. The molecule has 0 aliphatic heterocycles. The summed E-state index contributed by atoms with van der Waals surface area (Å²) in [5.41, 5.74) is 5.06. The van der Waals surface area contributed by atoms with E-state index in [4.69, 9.17) is 0 Å². The number of nitrogens with zero attached hydrogens (tertiary/aromatic N) is 3. The van der Waals surface area contributed by atoms with Gasteiger partial charge in [0.2, 0.25) is 5.82 Å². The van der Waals surface area contributed by atoms with E-state index in [0.717, 1.165) is 30.6 Å². The molecule has 0 fully saturated rings. The van der Waals surface area contributed by atoms with Crippen molar-refractivity contribution in [2.75, 3.05) is 0 Å². The SMILES string of the molecule is CCC(CC)(c1ccc(CCC(O)C(C)(C)C)c(C)c1)c1cc(C)c(-c2nn[nH]n2)s1. The van der Waals surface area contributed by atoms with Crippen molar-refractivity contribution in [3.63, 3.8) is 0 Å². The number of nitrogens with one attached hydrogen (secondary N) is 1. The molecule has 2 aromatic heterocycles. The zero-order valence-electron chi connectivity index (χ0n) is 19.9. The van der Waals surface area contributed by atoms with Crippen molar-refractivity contribution >= 4 is 11.3 Å². The van der Waals surface area contributed by atoms with Gasteiger partial charge in [0, 0.05) is 10.3 Å². The van der Waals surface area contributed by atoms with Crippen molar-refractivity contribution in [2.45, 2.75) is 85.7 Å². The van der Waals surface area contributed by atoms with Crippen molar-refractivity contribution < 1.29 is 5.11 Å². The molecule has 0 aliphatic carbocycles. The molecule has 0 saturated carbocycles. The Morgan fingerprint density at radius 3 is 2.32 bits per heavy atom. The molecule has 6 heteroatoms. The average molecular weight is 441 g/mol. The quantitative estimate of drug-likeness (QED) is 0.451. The molecule has 0 aliphatic rings. The smallest absolute Gasteiger partial charge is 0.214 e. The van der Waals surface area contributed by atoms with E-state index in [0.29, 0.717) is 5.82 Å². The van der Waals surface area contributed by atoms with Crippen molar-refractivity contribution in [1.29, 1.82) is 0 Å². The number of rotatable bonds is 8. The number of aryl methyl sites for hydroxylation is 3. The first kappa shape index (κ1) is 23.6. The fourth-order valence-corrected chi connectivity index (χ4v) is 5.80. The molecule has 168 valence electrons. The summed E-state index contributed by atoms with van der Waals surface area (Å²) < 4.78 is 0. The standard InChI is InChI=1S/C25H36N4OS/c1-8-25(9-2,21-15-17(4)22(31-21)23-26-28-29-27-23)19-12-10-18(16(3)14-19)11-13-20(30)24(5,6)7/h10,12,14-15,20,30H,8-9,11,13H2,1-7H3,(H,26,27,28,29). The number of aliphatic hydroxyl groups excluding tert-OH is 1. The van der Waals surface area contributed by atoms with E-state index in [1.807, 2.05) is 0 Å². The molecule has 0 radical (unpaired) electrons. The van der Waals surface area contributed by atoms with Gasteiger partial charge in [-0.25, -0.2) is 0 Å². The van der Waals surface area contributed by atoms with Crippen molar-refractivity contribution in [1.82, 2.24) is 20.6 Å². The minimum absolute atomic E-state index is 0.0361. The summed E-state index contributed by atoms with van der Waals surface area (Å²) in [6.07, 6.45) is 3.44. The summed E-state index contributed by atoms with van der Waals surface area (Å²) in [5.74, 6) is 0.666. The molecule has 2 N–H and O–H groups in total. The topological polar surface area (TPSA) is 74.7 Å².